The zero-order chi connectivity index (χ0) is 4.50. The normalized spacial score (nSPS) is 7.25. The van der Waals surface area contributed by atoms with Crippen LogP contribution in [0, 0.1) is 0 Å². The molecule has 0 saturated heterocycles. The van der Waals surface area contributed by atoms with Crippen molar-refractivity contribution in [2.24, 2.45) is 0 Å². The first-order chi connectivity index (χ1) is 2.00. The molecule has 0 aromatic rings. The Balaban J connectivity index is -0.0000000267. The van der Waals surface area contributed by atoms with Crippen molar-refractivity contribution < 1.29 is 13.0 Å². The van der Waals surface area contributed by atoms with Crippen LogP contribution in [0.4, 0.5) is 0 Å². The van der Waals surface area contributed by atoms with Crippen molar-refractivity contribution in [3.05, 3.63) is 0 Å². The molecule has 7 heteroatoms. The van der Waals surface area contributed by atoms with Gasteiger partial charge < -0.3 is 0 Å². The van der Waals surface area contributed by atoms with Crippen LogP contribution in [0.3, 0.4) is 0 Å². The number of rotatable bonds is 0. The third-order valence-corrected chi connectivity index (χ3v) is 0. The predicted octanol–water partition coefficient (Wildman–Crippen LogP) is -1.64. The zero-order valence-electron chi connectivity index (χ0n) is 4.12. The maximum Gasteiger partial charge on any atom is 0.261 e. The van der Waals surface area contributed by atoms with Gasteiger partial charge in [0.1, 0.15) is 0 Å². The average Bonchev–Trinajstić information content (AvgIpc) is 0.722. The van der Waals surface area contributed by atoms with E-state index in [1.54, 1.807) is 0 Å². The molecule has 1 N–H and O–H groups in total. The molecular weight excluding hydrogens is 627 g/mol. The smallest absolute Gasteiger partial charge is 0.261 e. The van der Waals surface area contributed by atoms with Gasteiger partial charge in [-0.25, -0.2) is 0 Å². The molecular formula is CH4BiO3PbSSn. The van der Waals surface area contributed by atoms with Crippen molar-refractivity contribution >= 4 is 87.5 Å². The minimum absolute atomic E-state index is 0. The van der Waals surface area contributed by atoms with E-state index in [1.807, 2.05) is 0 Å². The first-order valence-electron chi connectivity index (χ1n) is 0.924. The van der Waals surface area contributed by atoms with E-state index in [-0.39, 0.29) is 77.4 Å². The molecule has 0 saturated carbocycles. The fourth-order valence-corrected chi connectivity index (χ4v) is 0. The molecule has 0 aromatic heterocycles. The van der Waals surface area contributed by atoms with E-state index in [1.165, 1.54) is 0 Å². The topological polar surface area (TPSA) is 54.4 Å². The predicted molar refractivity (Wildman–Crippen MR) is 34.7 cm³/mol. The van der Waals surface area contributed by atoms with Crippen LogP contribution in [0.15, 0.2) is 0 Å². The summed E-state index contributed by atoms with van der Waals surface area (Å²) in [4.78, 5) is 0. The van der Waals surface area contributed by atoms with E-state index in [0.717, 1.165) is 0 Å². The quantitative estimate of drug-likeness (QED) is 0.258. The first kappa shape index (κ1) is 22.4. The fraction of sp³-hybridized carbons (Fsp3) is 1.00. The van der Waals surface area contributed by atoms with Crippen LogP contribution in [0.1, 0.15) is 0 Å². The Labute approximate surface area is 105 Å². The second-order valence-electron chi connectivity index (χ2n) is 0.733. The van der Waals surface area contributed by atoms with Crippen LogP contribution in [-0.4, -0.2) is 96.6 Å². The number of hydrogen-bond acceptors (Lipinski definition) is 2. The molecule has 0 unspecified atom stereocenters. The molecule has 0 amide bonds. The van der Waals surface area contributed by atoms with Crippen molar-refractivity contribution in [1.29, 1.82) is 0 Å². The summed E-state index contributed by atoms with van der Waals surface area (Å²) in [5.74, 6) is 0. The standard InChI is InChI=1S/CH4O3S.Bi.Pb.Sn/c1-5(2,3)4;;;/h1H3,(H,2,3,4);;;. The van der Waals surface area contributed by atoms with Gasteiger partial charge in [0, 0.05) is 77.4 Å². The number of hydrogen-bond donors (Lipinski definition) is 1. The Morgan fingerprint density at radius 1 is 1.38 bits per heavy atom. The van der Waals surface area contributed by atoms with Crippen molar-refractivity contribution in [2.75, 3.05) is 6.26 Å². The molecule has 8 heavy (non-hydrogen) atoms. The minimum atomic E-state index is -3.67. The Morgan fingerprint density at radius 2 is 1.38 bits per heavy atom. The van der Waals surface area contributed by atoms with Crippen LogP contribution in [0.25, 0.3) is 0 Å². The minimum Gasteiger partial charge on any atom is -0.286 e. The third kappa shape index (κ3) is 76.1. The Bertz CT molecular complexity index is 102. The summed E-state index contributed by atoms with van der Waals surface area (Å²) in [6.45, 7) is 0. The van der Waals surface area contributed by atoms with Crippen LogP contribution >= 0.6 is 0 Å². The van der Waals surface area contributed by atoms with Crippen LogP contribution in [0.5, 0.6) is 0 Å². The summed E-state index contributed by atoms with van der Waals surface area (Å²) in [5, 5.41) is 0. The monoisotopic (exact) mass is 633 g/mol. The molecule has 0 atom stereocenters. The molecule has 0 fully saturated rings. The summed E-state index contributed by atoms with van der Waals surface area (Å²) >= 11 is 0. The van der Waals surface area contributed by atoms with Gasteiger partial charge in [0.15, 0.2) is 0 Å². The second-order valence-corrected chi connectivity index (χ2v) is 2.20. The fourth-order valence-electron chi connectivity index (χ4n) is 0. The van der Waals surface area contributed by atoms with Crippen molar-refractivity contribution in [3.63, 3.8) is 0 Å². The van der Waals surface area contributed by atoms with E-state index >= 15 is 0 Å². The molecule has 0 heterocycles. The molecule has 3 nitrogen and oxygen atoms in total. The van der Waals surface area contributed by atoms with Gasteiger partial charge in [-0.3, -0.25) is 4.55 Å². The van der Waals surface area contributed by atoms with Crippen molar-refractivity contribution in [2.45, 2.75) is 0 Å². The van der Waals surface area contributed by atoms with E-state index in [9.17, 15) is 8.42 Å². The molecule has 0 spiro atoms. The van der Waals surface area contributed by atoms with E-state index < -0.39 is 10.1 Å². The van der Waals surface area contributed by atoms with Gasteiger partial charge in [-0.15, -0.1) is 0 Å². The van der Waals surface area contributed by atoms with Gasteiger partial charge in [-0.1, -0.05) is 0 Å². The summed E-state index contributed by atoms with van der Waals surface area (Å²) in [7, 11) is -3.67. The Morgan fingerprint density at radius 3 is 1.38 bits per heavy atom. The molecule has 0 rings (SSSR count). The van der Waals surface area contributed by atoms with Gasteiger partial charge in [0.25, 0.3) is 10.1 Å². The molecule has 45 valence electrons. The van der Waals surface area contributed by atoms with Crippen molar-refractivity contribution in [1.82, 2.24) is 0 Å². The van der Waals surface area contributed by atoms with Gasteiger partial charge in [-0.2, -0.15) is 8.42 Å². The molecule has 0 aromatic carbocycles. The SMILES string of the molecule is CS(=O)(=O)O.[Bi].[Pb].[Sn]. The second kappa shape index (κ2) is 9.51. The molecule has 0 bridgehead atoms. The molecule has 0 aliphatic carbocycles. The van der Waals surface area contributed by atoms with Gasteiger partial charge in [0.05, 0.1) is 6.26 Å². The van der Waals surface area contributed by atoms with Gasteiger partial charge >= 0.3 is 0 Å². The summed E-state index contributed by atoms with van der Waals surface area (Å²) in [6, 6.07) is 0. The van der Waals surface area contributed by atoms with E-state index in [0.29, 0.717) is 6.26 Å². The van der Waals surface area contributed by atoms with E-state index in [4.69, 9.17) is 4.55 Å². The summed E-state index contributed by atoms with van der Waals surface area (Å²) in [6.07, 6.45) is 0.715. The Kier molecular flexibility index (Phi) is 26.7. The maximum absolute atomic E-state index is 9.19. The summed E-state index contributed by atoms with van der Waals surface area (Å²) in [5.41, 5.74) is 0. The van der Waals surface area contributed by atoms with Crippen LogP contribution in [0.2, 0.25) is 0 Å². The van der Waals surface area contributed by atoms with E-state index in [2.05, 4.69) is 0 Å². The van der Waals surface area contributed by atoms with Gasteiger partial charge in [-0.05, 0) is 0 Å². The van der Waals surface area contributed by atoms with Crippen molar-refractivity contribution in [3.8, 4) is 0 Å². The van der Waals surface area contributed by atoms with Crippen LogP contribution in [-0.2, 0) is 10.1 Å². The van der Waals surface area contributed by atoms with Crippen LogP contribution < -0.4 is 0 Å². The maximum atomic E-state index is 9.19. The summed E-state index contributed by atoms with van der Waals surface area (Å²) < 4.78 is 25.9. The first-order valence-corrected chi connectivity index (χ1v) is 2.77. The molecule has 0 aliphatic heterocycles. The average molecular weight is 631 g/mol. The molecule has 11 radical (unpaired) electrons. The molecule has 0 aliphatic rings. The Hall–Kier alpha value is 2.51. The largest absolute Gasteiger partial charge is 0.286 e. The third-order valence-electron chi connectivity index (χ3n) is 0. The van der Waals surface area contributed by atoms with Gasteiger partial charge in [0.2, 0.25) is 0 Å². The zero-order valence-corrected chi connectivity index (χ0v) is 15.2.